The molecule has 2 rings (SSSR count). The Morgan fingerprint density at radius 3 is 2.05 bits per heavy atom. The Labute approximate surface area is 116 Å². The van der Waals surface area contributed by atoms with Gasteiger partial charge in [-0.05, 0) is 5.56 Å². The summed E-state index contributed by atoms with van der Waals surface area (Å²) in [6, 6.07) is 17.1. The maximum atomic E-state index is 11.2. The van der Waals surface area contributed by atoms with Gasteiger partial charge >= 0.3 is 0 Å². The summed E-state index contributed by atoms with van der Waals surface area (Å²) in [6.45, 7) is 0. The van der Waals surface area contributed by atoms with Crippen LogP contribution in [0.3, 0.4) is 0 Å². The van der Waals surface area contributed by atoms with Gasteiger partial charge in [0.25, 0.3) is 0 Å². The highest BCUT2D eigenvalue weighted by Gasteiger charge is 2.14. The highest BCUT2D eigenvalue weighted by Crippen LogP contribution is 2.13. The van der Waals surface area contributed by atoms with Gasteiger partial charge in [0.2, 0.25) is 0 Å². The molecule has 2 aromatic rings. The maximum absolute atomic E-state index is 11.2. The van der Waals surface area contributed by atoms with E-state index in [2.05, 4.69) is 5.32 Å². The average molecular weight is 270 g/mol. The van der Waals surface area contributed by atoms with Gasteiger partial charge in [-0.1, -0.05) is 72.9 Å². The molecular weight excluding hydrogens is 258 g/mol. The van der Waals surface area contributed by atoms with Crippen LogP contribution in [0, 0.1) is 0 Å². The van der Waals surface area contributed by atoms with Crippen molar-refractivity contribution in [1.82, 2.24) is 5.32 Å². The fraction of sp³-hybridized carbons (Fsp3) is 0.0667. The first-order chi connectivity index (χ1) is 9.18. The number of carboxylic acids is 1. The lowest BCUT2D eigenvalue weighted by molar-refractivity contribution is -0.308. The summed E-state index contributed by atoms with van der Waals surface area (Å²) in [6.07, 6.45) is 0. The quantitative estimate of drug-likeness (QED) is 0.854. The van der Waals surface area contributed by atoms with E-state index in [1.54, 1.807) is 24.3 Å². The molecule has 0 aliphatic rings. The molecule has 3 nitrogen and oxygen atoms in total. The molecule has 1 atom stereocenters. The zero-order valence-electron chi connectivity index (χ0n) is 10.1. The Morgan fingerprint density at radius 2 is 1.53 bits per heavy atom. The van der Waals surface area contributed by atoms with Crippen molar-refractivity contribution in [3.8, 4) is 0 Å². The molecule has 0 unspecified atom stereocenters. The van der Waals surface area contributed by atoms with Crippen molar-refractivity contribution in [1.29, 1.82) is 0 Å². The number of thiocarbonyl (C=S) groups is 1. The molecule has 0 heterocycles. The summed E-state index contributed by atoms with van der Waals surface area (Å²) < 4.78 is 0. The number of rotatable bonds is 4. The van der Waals surface area contributed by atoms with Crippen LogP contribution >= 0.6 is 12.2 Å². The number of carbonyl (C=O) groups is 1. The second kappa shape index (κ2) is 6.11. The van der Waals surface area contributed by atoms with E-state index in [1.165, 1.54) is 0 Å². The van der Waals surface area contributed by atoms with E-state index in [4.69, 9.17) is 12.2 Å². The van der Waals surface area contributed by atoms with Crippen molar-refractivity contribution in [2.24, 2.45) is 0 Å². The van der Waals surface area contributed by atoms with E-state index in [1.807, 2.05) is 36.4 Å². The Bertz CT molecular complexity index is 569. The highest BCUT2D eigenvalue weighted by molar-refractivity contribution is 7.80. The van der Waals surface area contributed by atoms with Crippen molar-refractivity contribution >= 4 is 23.2 Å². The molecule has 0 saturated heterocycles. The van der Waals surface area contributed by atoms with Crippen molar-refractivity contribution in [3.05, 3.63) is 71.8 Å². The van der Waals surface area contributed by atoms with Gasteiger partial charge in [0.1, 0.15) is 4.99 Å². The largest absolute Gasteiger partial charge is 0.548 e. The second-order valence-electron chi connectivity index (χ2n) is 4.00. The molecule has 2 aromatic carbocycles. The Morgan fingerprint density at radius 1 is 1.00 bits per heavy atom. The van der Waals surface area contributed by atoms with E-state index >= 15 is 0 Å². The first-order valence-electron chi connectivity index (χ1n) is 5.80. The van der Waals surface area contributed by atoms with Crippen molar-refractivity contribution in [2.45, 2.75) is 6.04 Å². The zero-order valence-corrected chi connectivity index (χ0v) is 10.9. The van der Waals surface area contributed by atoms with Crippen molar-refractivity contribution < 1.29 is 9.90 Å². The molecule has 0 amide bonds. The molecule has 0 aromatic heterocycles. The molecule has 0 aliphatic heterocycles. The van der Waals surface area contributed by atoms with Crippen molar-refractivity contribution in [2.75, 3.05) is 0 Å². The van der Waals surface area contributed by atoms with E-state index in [0.29, 0.717) is 10.6 Å². The maximum Gasteiger partial charge on any atom is 0.107 e. The predicted molar refractivity (Wildman–Crippen MR) is 75.5 cm³/mol. The number of hydrogen-bond acceptors (Lipinski definition) is 3. The Hall–Kier alpha value is -2.20. The van der Waals surface area contributed by atoms with E-state index in [0.717, 1.165) is 5.56 Å². The fourth-order valence-corrected chi connectivity index (χ4v) is 1.98. The van der Waals surface area contributed by atoms with Crippen LogP contribution in [-0.2, 0) is 4.79 Å². The minimum absolute atomic E-state index is 0.388. The lowest BCUT2D eigenvalue weighted by atomic mass is 10.1. The summed E-state index contributed by atoms with van der Waals surface area (Å²) in [5.41, 5.74) is 1.39. The molecule has 4 heteroatoms. The van der Waals surface area contributed by atoms with Crippen LogP contribution in [0.4, 0.5) is 0 Å². The molecule has 0 saturated carbocycles. The lowest BCUT2D eigenvalue weighted by Crippen LogP contribution is -2.41. The number of nitrogens with one attached hydrogen (secondary N) is 1. The summed E-state index contributed by atoms with van der Waals surface area (Å²) in [5.74, 6) is -1.20. The number of carbonyl (C=O) groups excluding carboxylic acids is 1. The van der Waals surface area contributed by atoms with Crippen LogP contribution in [0.2, 0.25) is 0 Å². The molecular formula is C15H12NO2S-. The lowest BCUT2D eigenvalue weighted by Gasteiger charge is -2.21. The standard InChI is InChI=1S/C15H13NO2S/c17-15(18)13(11-7-3-1-4-8-11)16-14(19)12-9-5-2-6-10-12/h1-10,13H,(H,16,19)(H,17,18)/p-1/t13-/m0/s1. The molecule has 0 fully saturated rings. The van der Waals surface area contributed by atoms with Crippen LogP contribution < -0.4 is 10.4 Å². The summed E-state index contributed by atoms with van der Waals surface area (Å²) in [4.78, 5) is 11.6. The van der Waals surface area contributed by atoms with Crippen LogP contribution in [0.15, 0.2) is 60.7 Å². The van der Waals surface area contributed by atoms with E-state index in [9.17, 15) is 9.90 Å². The van der Waals surface area contributed by atoms with Gasteiger partial charge in [-0.2, -0.15) is 0 Å². The van der Waals surface area contributed by atoms with Gasteiger partial charge in [0, 0.05) is 5.56 Å². The monoisotopic (exact) mass is 270 g/mol. The average Bonchev–Trinajstić information content (AvgIpc) is 2.46. The molecule has 0 aliphatic carbocycles. The first kappa shape index (κ1) is 13.2. The number of benzene rings is 2. The first-order valence-corrected chi connectivity index (χ1v) is 6.21. The van der Waals surface area contributed by atoms with E-state index in [-0.39, 0.29) is 0 Å². The van der Waals surface area contributed by atoms with Crippen LogP contribution in [0.25, 0.3) is 0 Å². The fourth-order valence-electron chi connectivity index (χ4n) is 1.73. The third-order valence-corrected chi connectivity index (χ3v) is 3.03. The molecule has 96 valence electrons. The van der Waals surface area contributed by atoms with Gasteiger partial charge in [0.15, 0.2) is 0 Å². The molecule has 0 bridgehead atoms. The third-order valence-electron chi connectivity index (χ3n) is 2.68. The van der Waals surface area contributed by atoms with Gasteiger partial charge in [-0.3, -0.25) is 0 Å². The van der Waals surface area contributed by atoms with Gasteiger partial charge < -0.3 is 15.2 Å². The number of aliphatic carboxylic acids is 1. The summed E-state index contributed by atoms with van der Waals surface area (Å²) in [5, 5.41) is 14.1. The zero-order chi connectivity index (χ0) is 13.7. The molecule has 19 heavy (non-hydrogen) atoms. The smallest absolute Gasteiger partial charge is 0.107 e. The van der Waals surface area contributed by atoms with E-state index < -0.39 is 12.0 Å². The summed E-state index contributed by atoms with van der Waals surface area (Å²) in [7, 11) is 0. The second-order valence-corrected chi connectivity index (χ2v) is 4.41. The summed E-state index contributed by atoms with van der Waals surface area (Å²) >= 11 is 5.21. The minimum atomic E-state index is -1.20. The van der Waals surface area contributed by atoms with Crippen LogP contribution in [-0.4, -0.2) is 11.0 Å². The minimum Gasteiger partial charge on any atom is -0.548 e. The van der Waals surface area contributed by atoms with Gasteiger partial charge in [0.05, 0.1) is 12.0 Å². The number of carboxylic acid groups (broad SMARTS) is 1. The Balaban J connectivity index is 2.19. The molecule has 0 radical (unpaired) electrons. The highest BCUT2D eigenvalue weighted by atomic mass is 32.1. The SMILES string of the molecule is O=C([O-])[C@@H](NC(=S)c1ccccc1)c1ccccc1. The predicted octanol–water partition coefficient (Wildman–Crippen LogP) is 1.44. The van der Waals surface area contributed by atoms with Crippen LogP contribution in [0.1, 0.15) is 17.2 Å². The van der Waals surface area contributed by atoms with Crippen molar-refractivity contribution in [3.63, 3.8) is 0 Å². The van der Waals surface area contributed by atoms with Gasteiger partial charge in [-0.15, -0.1) is 0 Å². The van der Waals surface area contributed by atoms with Crippen LogP contribution in [0.5, 0.6) is 0 Å². The van der Waals surface area contributed by atoms with Gasteiger partial charge in [-0.25, -0.2) is 0 Å². The molecule has 1 N–H and O–H groups in total. The Kier molecular flexibility index (Phi) is 4.26. The topological polar surface area (TPSA) is 52.2 Å². The number of hydrogen-bond donors (Lipinski definition) is 1. The normalized spacial score (nSPS) is 11.6. The third kappa shape index (κ3) is 3.39. The molecule has 0 spiro atoms.